The number of nitrogens with one attached hydrogen (secondary N) is 1. The highest BCUT2D eigenvalue weighted by atomic mass is 16.5. The molecule has 13 heteroatoms. The SMILES string of the molecule is COc1cc(C(=O)NC(CCCOc2cc(C(=O)O)cc(OC)c2OC)CCN2CCCN(CCCO)CC2)cc(OC)c1OC. The molecule has 1 aliphatic heterocycles. The van der Waals surface area contributed by atoms with Crippen LogP contribution in [0.25, 0.3) is 0 Å². The number of hydrogen-bond acceptors (Lipinski definition) is 11. The molecule has 1 heterocycles. The van der Waals surface area contributed by atoms with Crippen LogP contribution in [0.5, 0.6) is 34.5 Å². The molecular weight excluding hydrogens is 598 g/mol. The van der Waals surface area contributed by atoms with E-state index in [9.17, 15) is 19.8 Å². The number of carbonyl (C=O) groups excluding carboxylic acids is 1. The third kappa shape index (κ3) is 10.3. The van der Waals surface area contributed by atoms with Crippen molar-refractivity contribution in [3.63, 3.8) is 0 Å². The minimum atomic E-state index is -1.11. The molecule has 1 aliphatic rings. The van der Waals surface area contributed by atoms with Gasteiger partial charge in [-0.1, -0.05) is 0 Å². The van der Waals surface area contributed by atoms with Gasteiger partial charge in [0.1, 0.15) is 0 Å². The van der Waals surface area contributed by atoms with Crippen molar-refractivity contribution in [2.45, 2.75) is 38.1 Å². The van der Waals surface area contributed by atoms with Crippen LogP contribution in [0.2, 0.25) is 0 Å². The van der Waals surface area contributed by atoms with E-state index in [-0.39, 0.29) is 42.2 Å². The van der Waals surface area contributed by atoms with Crippen LogP contribution in [0.1, 0.15) is 52.8 Å². The Bertz CT molecular complexity index is 1250. The van der Waals surface area contributed by atoms with Gasteiger partial charge in [-0.25, -0.2) is 4.79 Å². The van der Waals surface area contributed by atoms with Crippen LogP contribution in [-0.4, -0.2) is 126 Å². The molecule has 1 fully saturated rings. The molecule has 0 spiro atoms. The molecule has 2 aromatic rings. The summed E-state index contributed by atoms with van der Waals surface area (Å²) in [5, 5.41) is 21.9. The standard InChI is InChI=1S/C33H49N3O10/c1-41-26-19-23(20-27(42-2)30(26)44-4)32(38)34-25(10-14-36-12-7-11-35(15-16-36)13-8-17-37)9-6-18-46-29-22-24(33(39)40)21-28(43-3)31(29)45-5/h19-22,25,37H,6-18H2,1-5H3,(H,34,38)(H,39,40). The van der Waals surface area contributed by atoms with Crippen LogP contribution in [0, 0.1) is 0 Å². The van der Waals surface area contributed by atoms with E-state index in [2.05, 4.69) is 15.1 Å². The van der Waals surface area contributed by atoms with Gasteiger partial charge in [0, 0.05) is 44.4 Å². The molecule has 1 amide bonds. The summed E-state index contributed by atoms with van der Waals surface area (Å²) >= 11 is 0. The van der Waals surface area contributed by atoms with Crippen LogP contribution in [0.15, 0.2) is 24.3 Å². The van der Waals surface area contributed by atoms with Gasteiger partial charge in [0.15, 0.2) is 23.0 Å². The third-order valence-electron chi connectivity index (χ3n) is 8.02. The number of ether oxygens (including phenoxy) is 6. The molecular formula is C33H49N3O10. The van der Waals surface area contributed by atoms with E-state index in [0.717, 1.165) is 58.5 Å². The van der Waals surface area contributed by atoms with E-state index in [1.54, 1.807) is 12.1 Å². The molecule has 0 aliphatic carbocycles. The van der Waals surface area contributed by atoms with E-state index in [0.29, 0.717) is 41.4 Å². The van der Waals surface area contributed by atoms with Gasteiger partial charge in [0.25, 0.3) is 5.91 Å². The van der Waals surface area contributed by atoms with Crippen molar-refractivity contribution >= 4 is 11.9 Å². The highest BCUT2D eigenvalue weighted by Crippen LogP contribution is 2.39. The van der Waals surface area contributed by atoms with Gasteiger partial charge in [-0.05, 0) is 69.5 Å². The van der Waals surface area contributed by atoms with E-state index in [4.69, 9.17) is 28.4 Å². The maximum Gasteiger partial charge on any atom is 0.335 e. The van der Waals surface area contributed by atoms with Crippen molar-refractivity contribution in [2.75, 3.05) is 88.0 Å². The summed E-state index contributed by atoms with van der Waals surface area (Å²) in [5.41, 5.74) is 0.405. The Kier molecular flexibility index (Phi) is 15.0. The maximum absolute atomic E-state index is 13.5. The van der Waals surface area contributed by atoms with Gasteiger partial charge < -0.3 is 53.8 Å². The fourth-order valence-electron chi connectivity index (χ4n) is 5.55. The molecule has 1 saturated heterocycles. The zero-order valence-corrected chi connectivity index (χ0v) is 27.6. The summed E-state index contributed by atoms with van der Waals surface area (Å²) in [4.78, 5) is 30.0. The Morgan fingerprint density at radius 1 is 0.739 bits per heavy atom. The van der Waals surface area contributed by atoms with E-state index < -0.39 is 5.97 Å². The van der Waals surface area contributed by atoms with Crippen molar-refractivity contribution < 1.29 is 48.2 Å². The molecule has 1 atom stereocenters. The number of hydrogen-bond donors (Lipinski definition) is 3. The lowest BCUT2D eigenvalue weighted by Gasteiger charge is -2.25. The van der Waals surface area contributed by atoms with Crippen LogP contribution < -0.4 is 33.7 Å². The molecule has 0 aromatic heterocycles. The number of nitrogens with zero attached hydrogens (tertiary/aromatic N) is 2. The zero-order valence-electron chi connectivity index (χ0n) is 27.6. The highest BCUT2D eigenvalue weighted by molar-refractivity contribution is 5.95. The van der Waals surface area contributed by atoms with Crippen LogP contribution in [0.4, 0.5) is 0 Å². The normalized spacial score (nSPS) is 14.6. The number of benzene rings is 2. The first-order chi connectivity index (χ1) is 22.3. The van der Waals surface area contributed by atoms with Crippen LogP contribution in [-0.2, 0) is 0 Å². The molecule has 13 nitrogen and oxygen atoms in total. The third-order valence-corrected chi connectivity index (χ3v) is 8.02. The predicted molar refractivity (Wildman–Crippen MR) is 172 cm³/mol. The van der Waals surface area contributed by atoms with Crippen molar-refractivity contribution in [3.05, 3.63) is 35.4 Å². The number of aliphatic hydroxyl groups is 1. The first-order valence-corrected chi connectivity index (χ1v) is 15.6. The number of rotatable bonds is 19. The zero-order chi connectivity index (χ0) is 33.5. The lowest BCUT2D eigenvalue weighted by atomic mass is 10.1. The van der Waals surface area contributed by atoms with Crippen molar-refractivity contribution in [1.82, 2.24) is 15.1 Å². The van der Waals surface area contributed by atoms with Crippen LogP contribution >= 0.6 is 0 Å². The number of aliphatic hydroxyl groups excluding tert-OH is 1. The molecule has 46 heavy (non-hydrogen) atoms. The molecule has 0 radical (unpaired) electrons. The second kappa shape index (κ2) is 18.9. The lowest BCUT2D eigenvalue weighted by Crippen LogP contribution is -2.39. The summed E-state index contributed by atoms with van der Waals surface area (Å²) in [6.45, 7) is 6.00. The minimum absolute atomic E-state index is 0.0236. The average molecular weight is 648 g/mol. The topological polar surface area (TPSA) is 148 Å². The minimum Gasteiger partial charge on any atom is -0.493 e. The molecule has 3 rings (SSSR count). The van der Waals surface area contributed by atoms with Crippen molar-refractivity contribution in [2.24, 2.45) is 0 Å². The van der Waals surface area contributed by atoms with E-state index in [1.807, 2.05) is 0 Å². The van der Waals surface area contributed by atoms with Crippen LogP contribution in [0.3, 0.4) is 0 Å². The summed E-state index contributed by atoms with van der Waals surface area (Å²) in [7, 11) is 7.42. The Morgan fingerprint density at radius 2 is 1.28 bits per heavy atom. The summed E-state index contributed by atoms with van der Waals surface area (Å²) in [6.07, 6.45) is 3.74. The Balaban J connectivity index is 1.72. The van der Waals surface area contributed by atoms with Crippen molar-refractivity contribution in [1.29, 1.82) is 0 Å². The maximum atomic E-state index is 13.5. The summed E-state index contributed by atoms with van der Waals surface area (Å²) in [6, 6.07) is 5.88. The Labute approximate surface area is 271 Å². The molecule has 2 aromatic carbocycles. The molecule has 256 valence electrons. The fraction of sp³-hybridized carbons (Fsp3) is 0.576. The lowest BCUT2D eigenvalue weighted by molar-refractivity contribution is 0.0695. The number of carboxylic acid groups (broad SMARTS) is 1. The van der Waals surface area contributed by atoms with Gasteiger partial charge >= 0.3 is 5.97 Å². The first kappa shape index (κ1) is 36.5. The smallest absolute Gasteiger partial charge is 0.335 e. The monoisotopic (exact) mass is 647 g/mol. The highest BCUT2D eigenvalue weighted by Gasteiger charge is 2.22. The quantitative estimate of drug-likeness (QED) is 0.192. The Hall–Kier alpha value is -3.94. The molecule has 0 bridgehead atoms. The predicted octanol–water partition coefficient (Wildman–Crippen LogP) is 3.17. The van der Waals surface area contributed by atoms with E-state index >= 15 is 0 Å². The number of amides is 1. The number of carbonyl (C=O) groups is 2. The van der Waals surface area contributed by atoms with Gasteiger partial charge in [0.05, 0.1) is 47.7 Å². The van der Waals surface area contributed by atoms with Gasteiger partial charge in [-0.2, -0.15) is 0 Å². The second-order valence-corrected chi connectivity index (χ2v) is 11.0. The fourth-order valence-corrected chi connectivity index (χ4v) is 5.55. The Morgan fingerprint density at radius 3 is 1.83 bits per heavy atom. The molecule has 1 unspecified atom stereocenters. The van der Waals surface area contributed by atoms with Crippen molar-refractivity contribution in [3.8, 4) is 34.5 Å². The second-order valence-electron chi connectivity index (χ2n) is 11.0. The van der Waals surface area contributed by atoms with Gasteiger partial charge in [-0.3, -0.25) is 4.79 Å². The number of carboxylic acids is 1. The average Bonchev–Trinajstić information content (AvgIpc) is 3.31. The molecule has 3 N–H and O–H groups in total. The van der Waals surface area contributed by atoms with Gasteiger partial charge in [0.2, 0.25) is 11.5 Å². The number of aromatic carboxylic acids is 1. The molecule has 0 saturated carbocycles. The summed E-state index contributed by atoms with van der Waals surface area (Å²) < 4.78 is 33.0. The van der Waals surface area contributed by atoms with E-state index in [1.165, 1.54) is 47.7 Å². The largest absolute Gasteiger partial charge is 0.493 e. The number of methoxy groups -OCH3 is 5. The van der Waals surface area contributed by atoms with Gasteiger partial charge in [-0.15, -0.1) is 0 Å². The summed E-state index contributed by atoms with van der Waals surface area (Å²) in [5.74, 6) is 0.660. The first-order valence-electron chi connectivity index (χ1n) is 15.6.